The Morgan fingerprint density at radius 3 is 2.46 bits per heavy atom. The van der Waals surface area contributed by atoms with Gasteiger partial charge in [0.25, 0.3) is 5.91 Å². The molecule has 4 rings (SSSR count). The molecule has 0 unspecified atom stereocenters. The Morgan fingerprint density at radius 1 is 1.00 bits per heavy atom. The molecule has 0 aliphatic carbocycles. The lowest BCUT2D eigenvalue weighted by atomic mass is 9.90. The van der Waals surface area contributed by atoms with Gasteiger partial charge in [-0.1, -0.05) is 42.5 Å². The minimum absolute atomic E-state index is 0.134. The number of nitrogens with zero attached hydrogens (tertiary/aromatic N) is 1. The van der Waals surface area contributed by atoms with Gasteiger partial charge in [0.05, 0.1) is 5.39 Å². The van der Waals surface area contributed by atoms with Crippen molar-refractivity contribution in [2.45, 2.75) is 19.3 Å². The minimum Gasteiger partial charge on any atom is -0.451 e. The maximum atomic E-state index is 12.8. The number of carbonyl (C=O) groups is 1. The van der Waals surface area contributed by atoms with E-state index < -0.39 is 0 Å². The first-order valence-electron chi connectivity index (χ1n) is 9.07. The largest absolute Gasteiger partial charge is 0.451 e. The van der Waals surface area contributed by atoms with Crippen LogP contribution in [0.2, 0.25) is 0 Å². The highest BCUT2D eigenvalue weighted by Crippen LogP contribution is 2.23. The molecule has 4 heteroatoms. The van der Waals surface area contributed by atoms with Crippen LogP contribution in [0.1, 0.15) is 29.0 Å². The van der Waals surface area contributed by atoms with E-state index in [1.54, 1.807) is 29.2 Å². The van der Waals surface area contributed by atoms with E-state index in [1.807, 2.05) is 6.07 Å². The fourth-order valence-electron chi connectivity index (χ4n) is 3.65. The summed E-state index contributed by atoms with van der Waals surface area (Å²) in [6.07, 6.45) is 2.99. The highest BCUT2D eigenvalue weighted by atomic mass is 16.3. The van der Waals surface area contributed by atoms with Crippen LogP contribution < -0.4 is 5.43 Å². The van der Waals surface area contributed by atoms with Crippen molar-refractivity contribution in [2.24, 2.45) is 5.92 Å². The summed E-state index contributed by atoms with van der Waals surface area (Å²) in [5, 5.41) is 0.505. The SMILES string of the molecule is O=C(c1cc(=O)c2ccccc2o1)N1CCC(Cc2ccccc2)CC1. The number of carbonyl (C=O) groups excluding carboxylic acids is 1. The Labute approximate surface area is 152 Å². The zero-order valence-electron chi connectivity index (χ0n) is 14.6. The number of hydrogen-bond donors (Lipinski definition) is 0. The van der Waals surface area contributed by atoms with Crippen molar-refractivity contribution in [2.75, 3.05) is 13.1 Å². The number of piperidine rings is 1. The monoisotopic (exact) mass is 347 g/mol. The molecule has 26 heavy (non-hydrogen) atoms. The summed E-state index contributed by atoms with van der Waals surface area (Å²) in [7, 11) is 0. The quantitative estimate of drug-likeness (QED) is 0.722. The molecule has 1 aliphatic rings. The zero-order valence-corrected chi connectivity index (χ0v) is 14.6. The number of amides is 1. The molecule has 4 nitrogen and oxygen atoms in total. The van der Waals surface area contributed by atoms with E-state index in [9.17, 15) is 9.59 Å². The topological polar surface area (TPSA) is 50.5 Å². The van der Waals surface area contributed by atoms with Crippen molar-refractivity contribution in [1.29, 1.82) is 0 Å². The molecule has 0 radical (unpaired) electrons. The Hall–Kier alpha value is -2.88. The Kier molecular flexibility index (Phi) is 4.57. The van der Waals surface area contributed by atoms with Gasteiger partial charge in [-0.05, 0) is 42.9 Å². The van der Waals surface area contributed by atoms with Gasteiger partial charge in [-0.2, -0.15) is 0 Å². The van der Waals surface area contributed by atoms with Gasteiger partial charge in [0, 0.05) is 19.2 Å². The number of fused-ring (bicyclic) bond motifs is 1. The van der Waals surface area contributed by atoms with E-state index in [2.05, 4.69) is 24.3 Å². The van der Waals surface area contributed by atoms with Gasteiger partial charge in [0.15, 0.2) is 11.2 Å². The van der Waals surface area contributed by atoms with Crippen LogP contribution in [0.25, 0.3) is 11.0 Å². The van der Waals surface area contributed by atoms with Crippen LogP contribution in [0.15, 0.2) is 69.9 Å². The van der Waals surface area contributed by atoms with Crippen molar-refractivity contribution >= 4 is 16.9 Å². The first kappa shape index (κ1) is 16.6. The highest BCUT2D eigenvalue weighted by Gasteiger charge is 2.25. The number of para-hydroxylation sites is 1. The van der Waals surface area contributed by atoms with E-state index in [-0.39, 0.29) is 17.1 Å². The molecule has 1 amide bonds. The van der Waals surface area contributed by atoms with E-state index in [4.69, 9.17) is 4.42 Å². The second-order valence-electron chi connectivity index (χ2n) is 6.90. The van der Waals surface area contributed by atoms with Gasteiger partial charge in [0.2, 0.25) is 0 Å². The smallest absolute Gasteiger partial charge is 0.289 e. The van der Waals surface area contributed by atoms with Crippen LogP contribution in [0.5, 0.6) is 0 Å². The maximum absolute atomic E-state index is 12.8. The summed E-state index contributed by atoms with van der Waals surface area (Å²) in [5.74, 6) is 0.534. The van der Waals surface area contributed by atoms with Crippen LogP contribution in [-0.2, 0) is 6.42 Å². The van der Waals surface area contributed by atoms with Crippen molar-refractivity contribution in [1.82, 2.24) is 4.90 Å². The molecule has 0 spiro atoms. The fourth-order valence-corrected chi connectivity index (χ4v) is 3.65. The second-order valence-corrected chi connectivity index (χ2v) is 6.90. The molecule has 1 aromatic heterocycles. The third-order valence-corrected chi connectivity index (χ3v) is 5.11. The average Bonchev–Trinajstić information content (AvgIpc) is 2.69. The molecule has 1 aliphatic heterocycles. The summed E-state index contributed by atoms with van der Waals surface area (Å²) in [4.78, 5) is 26.8. The zero-order chi connectivity index (χ0) is 17.9. The van der Waals surface area contributed by atoms with Gasteiger partial charge in [-0.15, -0.1) is 0 Å². The molecule has 0 atom stereocenters. The molecule has 0 bridgehead atoms. The average molecular weight is 347 g/mol. The molecule has 2 aromatic carbocycles. The van der Waals surface area contributed by atoms with Crippen molar-refractivity contribution in [3.63, 3.8) is 0 Å². The van der Waals surface area contributed by atoms with Gasteiger partial charge in [-0.25, -0.2) is 0 Å². The lowest BCUT2D eigenvalue weighted by Crippen LogP contribution is -2.39. The highest BCUT2D eigenvalue weighted by molar-refractivity contribution is 5.93. The molecule has 1 saturated heterocycles. The minimum atomic E-state index is -0.189. The summed E-state index contributed by atoms with van der Waals surface area (Å²) in [5.41, 5.74) is 1.63. The molecule has 3 aromatic rings. The summed E-state index contributed by atoms with van der Waals surface area (Å²) >= 11 is 0. The summed E-state index contributed by atoms with van der Waals surface area (Å²) in [6, 6.07) is 18.8. The van der Waals surface area contributed by atoms with Gasteiger partial charge < -0.3 is 9.32 Å². The summed E-state index contributed by atoms with van der Waals surface area (Å²) < 4.78 is 5.69. The van der Waals surface area contributed by atoms with Crippen LogP contribution in [0.3, 0.4) is 0 Å². The molecule has 0 N–H and O–H groups in total. The van der Waals surface area contributed by atoms with E-state index in [0.717, 1.165) is 19.3 Å². The third kappa shape index (κ3) is 3.40. The van der Waals surface area contributed by atoms with Crippen molar-refractivity contribution < 1.29 is 9.21 Å². The van der Waals surface area contributed by atoms with Crippen LogP contribution >= 0.6 is 0 Å². The predicted molar refractivity (Wildman–Crippen MR) is 101 cm³/mol. The number of rotatable bonds is 3. The van der Waals surface area contributed by atoms with E-state index in [1.165, 1.54) is 11.6 Å². The first-order chi connectivity index (χ1) is 12.7. The molecule has 1 fully saturated rings. The Balaban J connectivity index is 1.44. The molecular formula is C22H21NO3. The van der Waals surface area contributed by atoms with Gasteiger partial charge >= 0.3 is 0 Å². The Morgan fingerprint density at radius 2 is 1.69 bits per heavy atom. The third-order valence-electron chi connectivity index (χ3n) is 5.11. The van der Waals surface area contributed by atoms with E-state index in [0.29, 0.717) is 30.0 Å². The number of likely N-dealkylation sites (tertiary alicyclic amines) is 1. The first-order valence-corrected chi connectivity index (χ1v) is 9.07. The Bertz CT molecular complexity index is 969. The van der Waals surface area contributed by atoms with Crippen LogP contribution in [-0.4, -0.2) is 23.9 Å². The number of benzene rings is 2. The molecule has 132 valence electrons. The normalized spacial score (nSPS) is 15.3. The van der Waals surface area contributed by atoms with Crippen LogP contribution in [0, 0.1) is 5.92 Å². The van der Waals surface area contributed by atoms with Crippen molar-refractivity contribution in [3.8, 4) is 0 Å². The van der Waals surface area contributed by atoms with Gasteiger partial charge in [-0.3, -0.25) is 9.59 Å². The molecular weight excluding hydrogens is 326 g/mol. The van der Waals surface area contributed by atoms with Crippen LogP contribution in [0.4, 0.5) is 0 Å². The fraction of sp³-hybridized carbons (Fsp3) is 0.273. The lowest BCUT2D eigenvalue weighted by molar-refractivity contribution is 0.0659. The molecule has 0 saturated carbocycles. The van der Waals surface area contributed by atoms with Crippen molar-refractivity contribution in [3.05, 3.63) is 82.2 Å². The number of hydrogen-bond acceptors (Lipinski definition) is 3. The predicted octanol–water partition coefficient (Wildman–Crippen LogP) is 3.89. The standard InChI is InChI=1S/C22H21NO3/c24-19-15-21(26-20-9-5-4-8-18(19)20)22(25)23-12-10-17(11-13-23)14-16-6-2-1-3-7-16/h1-9,15,17H,10-14H2. The summed E-state index contributed by atoms with van der Waals surface area (Å²) in [6.45, 7) is 1.40. The van der Waals surface area contributed by atoms with Gasteiger partial charge in [0.1, 0.15) is 5.58 Å². The van der Waals surface area contributed by atoms with E-state index >= 15 is 0 Å². The molecule has 2 heterocycles. The second kappa shape index (κ2) is 7.16. The maximum Gasteiger partial charge on any atom is 0.289 e. The lowest BCUT2D eigenvalue weighted by Gasteiger charge is -2.31.